The third-order valence-electron chi connectivity index (χ3n) is 4.06. The van der Waals surface area contributed by atoms with E-state index >= 15 is 0 Å². The monoisotopic (exact) mass is 354 g/mol. The van der Waals surface area contributed by atoms with Gasteiger partial charge in [0.15, 0.2) is 0 Å². The molecule has 0 atom stereocenters. The smallest absolute Gasteiger partial charge is 0.319 e. The molecule has 0 saturated heterocycles. The van der Waals surface area contributed by atoms with Gasteiger partial charge < -0.3 is 10.1 Å². The summed E-state index contributed by atoms with van der Waals surface area (Å²) in [5.74, 6) is -0.0849. The lowest BCUT2D eigenvalue weighted by Crippen LogP contribution is -2.36. The maximum absolute atomic E-state index is 12.4. The summed E-state index contributed by atoms with van der Waals surface area (Å²) < 4.78 is 4.74. The highest BCUT2D eigenvalue weighted by Crippen LogP contribution is 2.17. The van der Waals surface area contributed by atoms with Gasteiger partial charge in [0.1, 0.15) is 0 Å². The lowest BCUT2D eigenvalue weighted by Gasteiger charge is -2.20. The molecular weight excluding hydrogens is 328 g/mol. The van der Waals surface area contributed by atoms with Crippen molar-refractivity contribution in [3.05, 3.63) is 65.7 Å². The first-order chi connectivity index (χ1) is 12.5. The van der Waals surface area contributed by atoms with Crippen LogP contribution < -0.4 is 5.32 Å². The Morgan fingerprint density at radius 2 is 1.65 bits per heavy atom. The van der Waals surface area contributed by atoms with Crippen LogP contribution in [0, 0.1) is 0 Å². The van der Waals surface area contributed by atoms with Gasteiger partial charge in [-0.15, -0.1) is 0 Å². The number of amides is 1. The molecule has 0 fully saturated rings. The van der Waals surface area contributed by atoms with Crippen LogP contribution in [-0.2, 0) is 20.9 Å². The topological polar surface area (TPSA) is 58.6 Å². The molecule has 0 bridgehead atoms. The molecule has 0 heterocycles. The molecule has 0 aliphatic rings. The fourth-order valence-electron chi connectivity index (χ4n) is 2.61. The van der Waals surface area contributed by atoms with Crippen molar-refractivity contribution in [2.45, 2.75) is 26.3 Å². The lowest BCUT2D eigenvalue weighted by atomic mass is 10.0. The van der Waals surface area contributed by atoms with E-state index < -0.39 is 0 Å². The normalized spacial score (nSPS) is 10.8. The van der Waals surface area contributed by atoms with E-state index in [1.165, 1.54) is 12.7 Å². The van der Waals surface area contributed by atoms with Crippen molar-refractivity contribution in [2.24, 2.45) is 0 Å². The van der Waals surface area contributed by atoms with E-state index in [1.54, 1.807) is 4.90 Å². The minimum Gasteiger partial charge on any atom is -0.468 e. The largest absolute Gasteiger partial charge is 0.468 e. The zero-order valence-corrected chi connectivity index (χ0v) is 15.6. The number of benzene rings is 2. The first-order valence-electron chi connectivity index (χ1n) is 8.71. The van der Waals surface area contributed by atoms with Gasteiger partial charge in [0.2, 0.25) is 5.91 Å². The third kappa shape index (κ3) is 6.33. The van der Waals surface area contributed by atoms with E-state index in [4.69, 9.17) is 4.74 Å². The van der Waals surface area contributed by atoms with Crippen LogP contribution in [-0.4, -0.2) is 37.0 Å². The number of hydrogen-bond acceptors (Lipinski definition) is 4. The maximum Gasteiger partial charge on any atom is 0.319 e. The van der Waals surface area contributed by atoms with Gasteiger partial charge in [-0.1, -0.05) is 56.3 Å². The minimum atomic E-state index is -0.366. The zero-order valence-electron chi connectivity index (χ0n) is 15.6. The van der Waals surface area contributed by atoms with E-state index in [2.05, 4.69) is 19.2 Å². The molecule has 1 N–H and O–H groups in total. The van der Waals surface area contributed by atoms with Crippen molar-refractivity contribution in [3.63, 3.8) is 0 Å². The summed E-state index contributed by atoms with van der Waals surface area (Å²) in [6, 6.07) is 17.5. The average molecular weight is 354 g/mol. The number of nitrogens with one attached hydrogen (secondary N) is 1. The molecule has 5 heteroatoms. The van der Waals surface area contributed by atoms with E-state index in [9.17, 15) is 9.59 Å². The number of rotatable bonds is 8. The lowest BCUT2D eigenvalue weighted by molar-refractivity contribution is -0.142. The first-order valence-corrected chi connectivity index (χ1v) is 8.71. The van der Waals surface area contributed by atoms with Gasteiger partial charge in [-0.05, 0) is 29.2 Å². The number of carbonyl (C=O) groups excluding carboxylic acids is 2. The van der Waals surface area contributed by atoms with Crippen LogP contribution in [0.2, 0.25) is 0 Å². The summed E-state index contributed by atoms with van der Waals surface area (Å²) in [6.45, 7) is 4.92. The molecule has 0 spiro atoms. The van der Waals surface area contributed by atoms with E-state index in [-0.39, 0.29) is 25.0 Å². The van der Waals surface area contributed by atoms with Crippen molar-refractivity contribution < 1.29 is 14.3 Å². The molecule has 0 aliphatic carbocycles. The quantitative estimate of drug-likeness (QED) is 0.738. The number of carbonyl (C=O) groups is 2. The van der Waals surface area contributed by atoms with Crippen LogP contribution in [0.25, 0.3) is 0 Å². The molecule has 5 nitrogen and oxygen atoms in total. The molecule has 1 amide bonds. The number of methoxy groups -OCH3 is 1. The van der Waals surface area contributed by atoms with Gasteiger partial charge in [-0.2, -0.15) is 0 Å². The summed E-state index contributed by atoms with van der Waals surface area (Å²) in [6.07, 6.45) is 0. The highest BCUT2D eigenvalue weighted by atomic mass is 16.5. The number of ether oxygens (including phenoxy) is 1. The first kappa shape index (κ1) is 19.7. The molecule has 2 rings (SSSR count). The molecule has 0 aliphatic heterocycles. The maximum atomic E-state index is 12.4. The summed E-state index contributed by atoms with van der Waals surface area (Å²) in [5.41, 5.74) is 3.00. The second-order valence-corrected chi connectivity index (χ2v) is 6.53. The van der Waals surface area contributed by atoms with E-state index in [0.717, 1.165) is 11.3 Å². The second kappa shape index (κ2) is 9.73. The molecule has 0 aromatic heterocycles. The number of nitrogens with zero attached hydrogens (tertiary/aromatic N) is 1. The predicted molar refractivity (Wildman–Crippen MR) is 103 cm³/mol. The molecule has 0 radical (unpaired) electrons. The predicted octanol–water partition coefficient (Wildman–Crippen LogP) is 3.42. The van der Waals surface area contributed by atoms with Gasteiger partial charge >= 0.3 is 5.97 Å². The Morgan fingerprint density at radius 3 is 2.23 bits per heavy atom. The summed E-state index contributed by atoms with van der Waals surface area (Å²) in [5, 5.41) is 2.88. The van der Waals surface area contributed by atoms with Crippen LogP contribution in [0.4, 0.5) is 5.69 Å². The summed E-state index contributed by atoms with van der Waals surface area (Å²) >= 11 is 0. The van der Waals surface area contributed by atoms with Crippen LogP contribution >= 0.6 is 0 Å². The van der Waals surface area contributed by atoms with Gasteiger partial charge in [-0.25, -0.2) is 0 Å². The zero-order chi connectivity index (χ0) is 18.9. The van der Waals surface area contributed by atoms with E-state index in [0.29, 0.717) is 12.5 Å². The molecule has 2 aromatic carbocycles. The van der Waals surface area contributed by atoms with Crippen LogP contribution in [0.5, 0.6) is 0 Å². The van der Waals surface area contributed by atoms with Gasteiger partial charge in [0, 0.05) is 12.2 Å². The van der Waals surface area contributed by atoms with Gasteiger partial charge in [0.25, 0.3) is 0 Å². The Bertz CT molecular complexity index is 712. The minimum absolute atomic E-state index is 0.0606. The molecule has 2 aromatic rings. The van der Waals surface area contributed by atoms with Crippen LogP contribution in [0.15, 0.2) is 54.6 Å². The highest BCUT2D eigenvalue weighted by Gasteiger charge is 2.15. The number of anilines is 1. The number of hydrogen-bond donors (Lipinski definition) is 1. The molecule has 0 unspecified atom stereocenters. The van der Waals surface area contributed by atoms with Gasteiger partial charge in [0.05, 0.1) is 20.2 Å². The standard InChI is InChI=1S/C21H26N2O3/c1-16(2)18-9-11-19(12-10-18)22-20(24)14-23(15-21(25)26-3)13-17-7-5-4-6-8-17/h4-12,16H,13-15H2,1-3H3,(H,22,24). The molecular formula is C21H26N2O3. The second-order valence-electron chi connectivity index (χ2n) is 6.53. The molecule has 0 saturated carbocycles. The SMILES string of the molecule is COC(=O)CN(CC(=O)Nc1ccc(C(C)C)cc1)Cc1ccccc1. The highest BCUT2D eigenvalue weighted by molar-refractivity contribution is 5.92. The number of esters is 1. The fourth-order valence-corrected chi connectivity index (χ4v) is 2.61. The van der Waals surface area contributed by atoms with Crippen molar-refractivity contribution >= 4 is 17.6 Å². The van der Waals surface area contributed by atoms with Crippen molar-refractivity contribution in [1.29, 1.82) is 0 Å². The van der Waals surface area contributed by atoms with Crippen molar-refractivity contribution in [3.8, 4) is 0 Å². The Kier molecular flexibility index (Phi) is 7.36. The van der Waals surface area contributed by atoms with Crippen molar-refractivity contribution in [1.82, 2.24) is 4.90 Å². The Labute approximate surface area is 155 Å². The average Bonchev–Trinajstić information content (AvgIpc) is 2.62. The third-order valence-corrected chi connectivity index (χ3v) is 4.06. The Balaban J connectivity index is 1.99. The van der Waals surface area contributed by atoms with Crippen LogP contribution in [0.3, 0.4) is 0 Å². The summed E-state index contributed by atoms with van der Waals surface area (Å²) in [7, 11) is 1.35. The fraction of sp³-hybridized carbons (Fsp3) is 0.333. The Hall–Kier alpha value is -2.66. The summed E-state index contributed by atoms with van der Waals surface area (Å²) in [4.78, 5) is 25.8. The van der Waals surface area contributed by atoms with Crippen LogP contribution in [0.1, 0.15) is 30.9 Å². The molecule has 138 valence electrons. The van der Waals surface area contributed by atoms with Gasteiger partial charge in [-0.3, -0.25) is 14.5 Å². The van der Waals surface area contributed by atoms with Crippen molar-refractivity contribution in [2.75, 3.05) is 25.5 Å². The molecule has 26 heavy (non-hydrogen) atoms. The van der Waals surface area contributed by atoms with E-state index in [1.807, 2.05) is 54.6 Å². The Morgan fingerprint density at radius 1 is 1.00 bits per heavy atom.